The van der Waals surface area contributed by atoms with Crippen LogP contribution in [-0.4, -0.2) is 4.57 Å². The molecule has 0 aliphatic rings. The van der Waals surface area contributed by atoms with E-state index in [2.05, 4.69) is 179 Å². The fourth-order valence-electron chi connectivity index (χ4n) is 6.77. The minimum absolute atomic E-state index is 1.13. The molecule has 0 bridgehead atoms. The van der Waals surface area contributed by atoms with Gasteiger partial charge in [-0.2, -0.15) is 0 Å². The van der Waals surface area contributed by atoms with Crippen molar-refractivity contribution in [3.8, 4) is 16.8 Å². The number of hydrogen-bond acceptors (Lipinski definition) is 2. The fraction of sp³-hybridized carbons (Fsp3) is 0. The predicted molar refractivity (Wildman–Crippen MR) is 194 cm³/mol. The van der Waals surface area contributed by atoms with Crippen molar-refractivity contribution >= 4 is 70.4 Å². The average Bonchev–Trinajstić information content (AvgIpc) is 3.64. The van der Waals surface area contributed by atoms with Crippen LogP contribution in [0.2, 0.25) is 0 Å². The summed E-state index contributed by atoms with van der Waals surface area (Å²) in [5.41, 5.74) is 9.38. The van der Waals surface area contributed by atoms with Gasteiger partial charge in [-0.3, -0.25) is 0 Å². The molecule has 0 aliphatic carbocycles. The van der Waals surface area contributed by atoms with Crippen LogP contribution in [0.1, 0.15) is 0 Å². The molecule has 2 heterocycles. The highest BCUT2D eigenvalue weighted by atomic mass is 32.1. The predicted octanol–water partition coefficient (Wildman–Crippen LogP) is 12.3. The van der Waals surface area contributed by atoms with Crippen molar-refractivity contribution < 1.29 is 0 Å². The number of thiophene rings is 1. The van der Waals surface area contributed by atoms with Crippen molar-refractivity contribution in [2.24, 2.45) is 0 Å². The second kappa shape index (κ2) is 10.5. The fourth-order valence-corrected chi connectivity index (χ4v) is 7.91. The molecule has 0 amide bonds. The van der Waals surface area contributed by atoms with E-state index in [1.165, 1.54) is 53.1 Å². The first-order valence-corrected chi connectivity index (χ1v) is 16.1. The van der Waals surface area contributed by atoms with Gasteiger partial charge in [-0.1, -0.05) is 109 Å². The number of rotatable bonds is 5. The van der Waals surface area contributed by atoms with E-state index in [0.29, 0.717) is 0 Å². The average molecular weight is 593 g/mol. The standard InChI is InChI=1S/C42H28N2S/c1-3-13-29(14-4-1)33-17-7-10-20-38(33)43(32-23-25-36-35-19-9-12-22-41(35)45-42(36)28-32)31-24-26-40-37(27-31)34-18-8-11-21-39(34)44(40)30-15-5-2-6-16-30/h1-28H. The Morgan fingerprint density at radius 2 is 1.04 bits per heavy atom. The second-order valence-corrected chi connectivity index (χ2v) is 12.5. The summed E-state index contributed by atoms with van der Waals surface area (Å²) in [7, 11) is 0. The monoisotopic (exact) mass is 592 g/mol. The van der Waals surface area contributed by atoms with Gasteiger partial charge >= 0.3 is 0 Å². The Labute approximate surface area is 265 Å². The largest absolute Gasteiger partial charge is 0.310 e. The first-order chi connectivity index (χ1) is 22.3. The van der Waals surface area contributed by atoms with Gasteiger partial charge in [0, 0.05) is 53.6 Å². The van der Waals surface area contributed by atoms with E-state index in [9.17, 15) is 0 Å². The molecule has 9 aromatic rings. The Balaban J connectivity index is 1.32. The van der Waals surface area contributed by atoms with Gasteiger partial charge in [0.15, 0.2) is 0 Å². The molecule has 2 nitrogen and oxygen atoms in total. The third-order valence-corrected chi connectivity index (χ3v) is 9.91. The van der Waals surface area contributed by atoms with Gasteiger partial charge in [-0.05, 0) is 66.2 Å². The highest BCUT2D eigenvalue weighted by molar-refractivity contribution is 7.25. The molecule has 0 saturated carbocycles. The van der Waals surface area contributed by atoms with E-state index < -0.39 is 0 Å². The van der Waals surface area contributed by atoms with Crippen LogP contribution >= 0.6 is 11.3 Å². The minimum atomic E-state index is 1.13. The van der Waals surface area contributed by atoms with Crippen molar-refractivity contribution in [1.82, 2.24) is 4.57 Å². The van der Waals surface area contributed by atoms with Crippen molar-refractivity contribution in [3.05, 3.63) is 170 Å². The van der Waals surface area contributed by atoms with Crippen molar-refractivity contribution in [2.45, 2.75) is 0 Å². The molecule has 0 fully saturated rings. The van der Waals surface area contributed by atoms with Gasteiger partial charge in [0.1, 0.15) is 0 Å². The molecule has 9 rings (SSSR count). The van der Waals surface area contributed by atoms with E-state index in [1.54, 1.807) is 0 Å². The second-order valence-electron chi connectivity index (χ2n) is 11.4. The Kier molecular flexibility index (Phi) is 6.03. The van der Waals surface area contributed by atoms with Gasteiger partial charge in [0.2, 0.25) is 0 Å². The summed E-state index contributed by atoms with van der Waals surface area (Å²) < 4.78 is 4.98. The zero-order valence-electron chi connectivity index (χ0n) is 24.5. The van der Waals surface area contributed by atoms with E-state index in [1.807, 2.05) is 11.3 Å². The lowest BCUT2D eigenvalue weighted by atomic mass is 10.0. The van der Waals surface area contributed by atoms with Crippen molar-refractivity contribution in [1.29, 1.82) is 0 Å². The van der Waals surface area contributed by atoms with Crippen LogP contribution in [0.4, 0.5) is 17.1 Å². The summed E-state index contributed by atoms with van der Waals surface area (Å²) >= 11 is 1.86. The highest BCUT2D eigenvalue weighted by Crippen LogP contribution is 2.45. The van der Waals surface area contributed by atoms with Gasteiger partial charge < -0.3 is 9.47 Å². The molecule has 0 atom stereocenters. The molecule has 0 spiro atoms. The zero-order chi connectivity index (χ0) is 29.7. The van der Waals surface area contributed by atoms with Crippen LogP contribution < -0.4 is 4.90 Å². The maximum absolute atomic E-state index is 2.43. The van der Waals surface area contributed by atoms with Gasteiger partial charge in [-0.15, -0.1) is 11.3 Å². The van der Waals surface area contributed by atoms with E-state index in [-0.39, 0.29) is 0 Å². The minimum Gasteiger partial charge on any atom is -0.310 e. The van der Waals surface area contributed by atoms with Crippen LogP contribution in [0.5, 0.6) is 0 Å². The molecule has 0 radical (unpaired) electrons. The summed E-state index contributed by atoms with van der Waals surface area (Å²) in [6, 6.07) is 61.4. The van der Waals surface area contributed by atoms with Crippen LogP contribution in [0.3, 0.4) is 0 Å². The molecule has 0 N–H and O–H groups in total. The normalized spacial score (nSPS) is 11.6. The molecule has 0 unspecified atom stereocenters. The molecule has 2 aromatic heterocycles. The van der Waals surface area contributed by atoms with Crippen molar-refractivity contribution in [2.75, 3.05) is 4.90 Å². The van der Waals surface area contributed by atoms with Crippen LogP contribution in [-0.2, 0) is 0 Å². The summed E-state index contributed by atoms with van der Waals surface area (Å²) in [5, 5.41) is 5.10. The number of nitrogens with zero attached hydrogens (tertiary/aromatic N) is 2. The molecule has 0 saturated heterocycles. The first kappa shape index (κ1) is 25.8. The molecular formula is C42H28N2S. The highest BCUT2D eigenvalue weighted by Gasteiger charge is 2.20. The topological polar surface area (TPSA) is 8.17 Å². The van der Waals surface area contributed by atoms with Gasteiger partial charge in [-0.25, -0.2) is 0 Å². The number of aromatic nitrogens is 1. The SMILES string of the molecule is c1ccc(-c2ccccc2N(c2ccc3c(c2)sc2ccccc23)c2ccc3c(c2)c2ccccc2n3-c2ccccc2)cc1. The lowest BCUT2D eigenvalue weighted by molar-refractivity contribution is 1.18. The molecular weight excluding hydrogens is 565 g/mol. The molecule has 45 heavy (non-hydrogen) atoms. The zero-order valence-corrected chi connectivity index (χ0v) is 25.3. The molecule has 7 aromatic carbocycles. The van der Waals surface area contributed by atoms with E-state index in [4.69, 9.17) is 0 Å². The molecule has 0 aliphatic heterocycles. The summed E-state index contributed by atoms with van der Waals surface area (Å²) in [6.07, 6.45) is 0. The van der Waals surface area contributed by atoms with Gasteiger partial charge in [0.05, 0.1) is 16.7 Å². The van der Waals surface area contributed by atoms with Crippen LogP contribution in [0, 0.1) is 0 Å². The van der Waals surface area contributed by atoms with Crippen LogP contribution in [0.15, 0.2) is 170 Å². The number of benzene rings is 7. The first-order valence-electron chi connectivity index (χ1n) is 15.3. The third kappa shape index (κ3) is 4.24. The third-order valence-electron chi connectivity index (χ3n) is 8.78. The summed E-state index contributed by atoms with van der Waals surface area (Å²) in [6.45, 7) is 0. The Hall–Kier alpha value is -5.64. The Bertz CT molecular complexity index is 2490. The van der Waals surface area contributed by atoms with E-state index in [0.717, 1.165) is 22.7 Å². The van der Waals surface area contributed by atoms with Crippen LogP contribution in [0.25, 0.3) is 58.8 Å². The maximum Gasteiger partial charge on any atom is 0.0542 e. The van der Waals surface area contributed by atoms with Crippen molar-refractivity contribution in [3.63, 3.8) is 0 Å². The maximum atomic E-state index is 2.43. The molecule has 212 valence electrons. The lowest BCUT2D eigenvalue weighted by Crippen LogP contribution is -2.11. The quantitative estimate of drug-likeness (QED) is 0.193. The number of anilines is 3. The number of fused-ring (bicyclic) bond motifs is 6. The Morgan fingerprint density at radius 1 is 0.422 bits per heavy atom. The summed E-state index contributed by atoms with van der Waals surface area (Å²) in [5.74, 6) is 0. The number of hydrogen-bond donors (Lipinski definition) is 0. The van der Waals surface area contributed by atoms with E-state index >= 15 is 0 Å². The smallest absolute Gasteiger partial charge is 0.0542 e. The Morgan fingerprint density at radius 3 is 1.91 bits per heavy atom. The van der Waals surface area contributed by atoms with Gasteiger partial charge in [0.25, 0.3) is 0 Å². The summed E-state index contributed by atoms with van der Waals surface area (Å²) in [4.78, 5) is 2.43. The number of para-hydroxylation sites is 3. The lowest BCUT2D eigenvalue weighted by Gasteiger charge is -2.28. The molecule has 3 heteroatoms.